The molecule has 2 aromatic carbocycles. The maximum atomic E-state index is 14.0. The van der Waals surface area contributed by atoms with Gasteiger partial charge in [0, 0.05) is 25.4 Å². The van der Waals surface area contributed by atoms with Crippen molar-refractivity contribution >= 4 is 5.91 Å². The van der Waals surface area contributed by atoms with E-state index < -0.39 is 17.3 Å². The number of aryl methyl sites for hydroxylation is 1. The number of nitrogens with zero attached hydrogens (tertiary/aromatic N) is 3. The topological polar surface area (TPSA) is 75.4 Å². The van der Waals surface area contributed by atoms with Crippen molar-refractivity contribution in [3.8, 4) is 5.88 Å². The summed E-state index contributed by atoms with van der Waals surface area (Å²) in [6.45, 7) is 7.26. The molecule has 4 rings (SSSR count). The van der Waals surface area contributed by atoms with Crippen molar-refractivity contribution in [2.75, 3.05) is 13.1 Å². The number of likely N-dealkylation sites (tertiary alicyclic amines) is 1. The van der Waals surface area contributed by atoms with Crippen molar-refractivity contribution in [2.45, 2.75) is 58.4 Å². The minimum atomic E-state index is -0.459. The fourth-order valence-corrected chi connectivity index (χ4v) is 5.13. The highest BCUT2D eigenvalue weighted by Crippen LogP contribution is 2.31. The van der Waals surface area contributed by atoms with Crippen molar-refractivity contribution < 1.29 is 9.90 Å². The number of rotatable bonds is 8. The van der Waals surface area contributed by atoms with E-state index in [1.165, 1.54) is 5.56 Å². The molecule has 1 amide bonds. The smallest absolute Gasteiger partial charge is 0.270 e. The molecule has 2 heterocycles. The van der Waals surface area contributed by atoms with Crippen LogP contribution in [0, 0.1) is 5.92 Å². The summed E-state index contributed by atoms with van der Waals surface area (Å²) in [7, 11) is 0. The molecule has 0 radical (unpaired) electrons. The van der Waals surface area contributed by atoms with Crippen LogP contribution in [0.3, 0.4) is 0 Å². The van der Waals surface area contributed by atoms with E-state index in [0.717, 1.165) is 24.8 Å². The zero-order valence-electron chi connectivity index (χ0n) is 20.9. The number of hydrogen-bond acceptors (Lipinski definition) is 4. The highest BCUT2D eigenvalue weighted by Gasteiger charge is 2.34. The lowest BCUT2D eigenvalue weighted by atomic mass is 9.95. The Hall–Kier alpha value is -3.41. The minimum Gasteiger partial charge on any atom is -0.493 e. The minimum absolute atomic E-state index is 0.0824. The van der Waals surface area contributed by atoms with Crippen molar-refractivity contribution in [2.24, 2.45) is 5.92 Å². The molecule has 35 heavy (non-hydrogen) atoms. The predicted octanol–water partition coefficient (Wildman–Crippen LogP) is 5.17. The Balaban J connectivity index is 1.76. The molecule has 3 aromatic rings. The molecule has 0 saturated carbocycles. The third-order valence-electron chi connectivity index (χ3n) is 6.93. The average molecular weight is 474 g/mol. The van der Waals surface area contributed by atoms with Crippen molar-refractivity contribution in [1.29, 1.82) is 0 Å². The van der Waals surface area contributed by atoms with Crippen LogP contribution in [0.4, 0.5) is 0 Å². The zero-order chi connectivity index (χ0) is 24.9. The molecule has 6 heteroatoms. The monoisotopic (exact) mass is 473 g/mol. The largest absolute Gasteiger partial charge is 0.493 e. The van der Waals surface area contributed by atoms with Gasteiger partial charge in [-0.3, -0.25) is 14.2 Å². The van der Waals surface area contributed by atoms with E-state index in [1.807, 2.05) is 48.5 Å². The Morgan fingerprint density at radius 1 is 1.09 bits per heavy atom. The normalized spacial score (nSPS) is 16.6. The van der Waals surface area contributed by atoms with Crippen LogP contribution in [0.15, 0.2) is 65.5 Å². The molecule has 0 bridgehead atoms. The number of aromatic nitrogens is 2. The van der Waals surface area contributed by atoms with Gasteiger partial charge in [-0.15, -0.1) is 0 Å². The van der Waals surface area contributed by atoms with Crippen molar-refractivity contribution in [1.82, 2.24) is 14.5 Å². The molecule has 6 nitrogen and oxygen atoms in total. The lowest BCUT2D eigenvalue weighted by molar-refractivity contribution is 0.0783. The Bertz CT molecular complexity index is 1210. The van der Waals surface area contributed by atoms with Crippen LogP contribution in [0.1, 0.15) is 79.3 Å². The van der Waals surface area contributed by atoms with Gasteiger partial charge in [0.05, 0.1) is 6.04 Å². The molecular formula is C29H35N3O3. The molecular weight excluding hydrogens is 438 g/mol. The van der Waals surface area contributed by atoms with Gasteiger partial charge < -0.3 is 10.0 Å². The molecule has 184 valence electrons. The molecule has 1 aromatic heterocycles. The van der Waals surface area contributed by atoms with Crippen LogP contribution >= 0.6 is 0 Å². The van der Waals surface area contributed by atoms with Gasteiger partial charge in [0.25, 0.3) is 11.5 Å². The summed E-state index contributed by atoms with van der Waals surface area (Å²) in [6, 6.07) is 19.7. The SMILES string of the molecule is CCCCc1nc(O)c(C(=O)N2CC[C@H](c3ccccc3)C2)c(=O)n1C(c1ccccc1)C(C)C. The number of hydrogen-bond donors (Lipinski definition) is 1. The first-order valence-corrected chi connectivity index (χ1v) is 12.7. The first kappa shape index (κ1) is 24.7. The van der Waals surface area contributed by atoms with Gasteiger partial charge in [-0.05, 0) is 29.9 Å². The summed E-state index contributed by atoms with van der Waals surface area (Å²) in [4.78, 5) is 33.7. The highest BCUT2D eigenvalue weighted by molar-refractivity contribution is 5.96. The van der Waals surface area contributed by atoms with E-state index >= 15 is 0 Å². The molecule has 0 aliphatic carbocycles. The summed E-state index contributed by atoms with van der Waals surface area (Å²) < 4.78 is 1.66. The van der Waals surface area contributed by atoms with Gasteiger partial charge in [0.2, 0.25) is 5.88 Å². The van der Waals surface area contributed by atoms with Crippen molar-refractivity contribution in [3.63, 3.8) is 0 Å². The van der Waals surface area contributed by atoms with Crippen LogP contribution in [0.5, 0.6) is 5.88 Å². The molecule has 1 N–H and O–H groups in total. The summed E-state index contributed by atoms with van der Waals surface area (Å²) in [5.74, 6) is -0.0732. The summed E-state index contributed by atoms with van der Waals surface area (Å²) in [5.41, 5.74) is 1.49. The van der Waals surface area contributed by atoms with E-state index in [2.05, 4.69) is 37.9 Å². The molecule has 1 fully saturated rings. The third kappa shape index (κ3) is 5.16. The zero-order valence-corrected chi connectivity index (χ0v) is 20.9. The van der Waals surface area contributed by atoms with Crippen LogP contribution in [-0.2, 0) is 6.42 Å². The Morgan fingerprint density at radius 3 is 2.37 bits per heavy atom. The van der Waals surface area contributed by atoms with E-state index in [-0.39, 0.29) is 23.4 Å². The van der Waals surface area contributed by atoms with Gasteiger partial charge >= 0.3 is 0 Å². The second-order valence-corrected chi connectivity index (χ2v) is 9.75. The molecule has 2 atom stereocenters. The lowest BCUT2D eigenvalue weighted by Crippen LogP contribution is -2.39. The van der Waals surface area contributed by atoms with Crippen molar-refractivity contribution in [3.05, 3.63) is 93.5 Å². The quantitative estimate of drug-likeness (QED) is 0.490. The maximum absolute atomic E-state index is 14.0. The van der Waals surface area contributed by atoms with E-state index in [4.69, 9.17) is 0 Å². The Kier molecular flexibility index (Phi) is 7.69. The second-order valence-electron chi connectivity index (χ2n) is 9.75. The number of benzene rings is 2. The number of carbonyl (C=O) groups excluding carboxylic acids is 1. The summed E-state index contributed by atoms with van der Waals surface area (Å²) in [6.07, 6.45) is 3.16. The van der Waals surface area contributed by atoms with Gasteiger partial charge in [-0.25, -0.2) is 0 Å². The van der Waals surface area contributed by atoms with Crippen LogP contribution < -0.4 is 5.56 Å². The Labute approximate surface area is 207 Å². The molecule has 1 saturated heterocycles. The Morgan fingerprint density at radius 2 is 1.74 bits per heavy atom. The van der Waals surface area contributed by atoms with Crippen LogP contribution in [0.2, 0.25) is 0 Å². The van der Waals surface area contributed by atoms with Gasteiger partial charge in [0.1, 0.15) is 5.82 Å². The van der Waals surface area contributed by atoms with Gasteiger partial charge in [0.15, 0.2) is 5.56 Å². The van der Waals surface area contributed by atoms with E-state index in [0.29, 0.717) is 25.3 Å². The third-order valence-corrected chi connectivity index (χ3v) is 6.93. The predicted molar refractivity (Wildman–Crippen MR) is 138 cm³/mol. The van der Waals surface area contributed by atoms with Gasteiger partial charge in [-0.2, -0.15) is 4.98 Å². The lowest BCUT2D eigenvalue weighted by Gasteiger charge is -2.28. The highest BCUT2D eigenvalue weighted by atomic mass is 16.3. The maximum Gasteiger partial charge on any atom is 0.270 e. The summed E-state index contributed by atoms with van der Waals surface area (Å²) in [5, 5.41) is 10.8. The number of aromatic hydroxyl groups is 1. The molecule has 0 spiro atoms. The van der Waals surface area contributed by atoms with Crippen LogP contribution in [0.25, 0.3) is 0 Å². The first-order chi connectivity index (χ1) is 16.9. The fraction of sp³-hybridized carbons (Fsp3) is 0.414. The summed E-state index contributed by atoms with van der Waals surface area (Å²) >= 11 is 0. The number of amides is 1. The van der Waals surface area contributed by atoms with Crippen LogP contribution in [-0.4, -0.2) is 38.6 Å². The standard InChI is InChI=1S/C29H35N3O3/c1-4-5-16-24-30-27(33)25(28(34)31-18-17-23(19-31)21-12-8-6-9-13-21)29(35)32(24)26(20(2)3)22-14-10-7-11-15-22/h6-15,20,23,26,33H,4-5,16-19H2,1-3H3/t23-,26?/m0/s1. The average Bonchev–Trinajstić information content (AvgIpc) is 3.36. The van der Waals surface area contributed by atoms with E-state index in [1.54, 1.807) is 9.47 Å². The number of unbranched alkanes of at least 4 members (excludes halogenated alkanes) is 1. The fourth-order valence-electron chi connectivity index (χ4n) is 5.13. The first-order valence-electron chi connectivity index (χ1n) is 12.7. The molecule has 1 aliphatic heterocycles. The molecule has 1 aliphatic rings. The second kappa shape index (κ2) is 10.9. The molecule has 1 unspecified atom stereocenters. The van der Waals surface area contributed by atoms with E-state index in [9.17, 15) is 14.7 Å². The van der Waals surface area contributed by atoms with Gasteiger partial charge in [-0.1, -0.05) is 87.9 Å². The number of carbonyl (C=O) groups is 1.